The second kappa shape index (κ2) is 8.82. The Kier molecular flexibility index (Phi) is 6.77. The summed E-state index contributed by atoms with van der Waals surface area (Å²) in [4.78, 5) is 23.5. The molecule has 0 spiro atoms. The van der Waals surface area contributed by atoms with Crippen LogP contribution in [0.1, 0.15) is 25.0 Å². The fraction of sp³-hybridized carbons (Fsp3) is 0.500. The number of piperidine rings is 1. The van der Waals surface area contributed by atoms with Crippen molar-refractivity contribution >= 4 is 27.9 Å². The summed E-state index contributed by atoms with van der Waals surface area (Å²) in [7, 11) is -3.24. The zero-order chi connectivity index (χ0) is 18.3. The third kappa shape index (κ3) is 6.71. The summed E-state index contributed by atoms with van der Waals surface area (Å²) in [6, 6.07) is 3.25. The van der Waals surface area contributed by atoms with Crippen molar-refractivity contribution in [3.05, 3.63) is 30.2 Å². The molecule has 0 bridgehead atoms. The summed E-state index contributed by atoms with van der Waals surface area (Å²) in [5.74, 6) is 0.0430. The molecule has 1 unspecified atom stereocenters. The van der Waals surface area contributed by atoms with E-state index in [2.05, 4.69) is 10.6 Å². The monoisotopic (exact) mass is 369 g/mol. The molecule has 0 radical (unpaired) electrons. The van der Waals surface area contributed by atoms with Gasteiger partial charge in [-0.1, -0.05) is 0 Å². The average molecular weight is 369 g/mol. The molecule has 1 aliphatic heterocycles. The van der Waals surface area contributed by atoms with Crippen LogP contribution in [0.15, 0.2) is 28.9 Å². The van der Waals surface area contributed by atoms with Gasteiger partial charge in [-0.3, -0.25) is 9.59 Å². The van der Waals surface area contributed by atoms with Gasteiger partial charge in [-0.2, -0.15) is 0 Å². The molecule has 1 fully saturated rings. The van der Waals surface area contributed by atoms with Gasteiger partial charge >= 0.3 is 0 Å². The average Bonchev–Trinajstić information content (AvgIpc) is 3.06. The molecular formula is C16H23N3O5S. The minimum atomic E-state index is -3.24. The Morgan fingerprint density at radius 2 is 2.24 bits per heavy atom. The highest BCUT2D eigenvalue weighted by atomic mass is 32.2. The molecular weight excluding hydrogens is 346 g/mol. The maximum absolute atomic E-state index is 11.9. The number of furan rings is 1. The first-order valence-electron chi connectivity index (χ1n) is 8.08. The predicted molar refractivity (Wildman–Crippen MR) is 93.0 cm³/mol. The molecule has 1 aromatic rings. The van der Waals surface area contributed by atoms with Crippen molar-refractivity contribution in [1.82, 2.24) is 14.9 Å². The van der Waals surface area contributed by atoms with Gasteiger partial charge in [0.25, 0.3) is 0 Å². The van der Waals surface area contributed by atoms with E-state index >= 15 is 0 Å². The Labute approximate surface area is 147 Å². The molecule has 1 aliphatic rings. The molecule has 25 heavy (non-hydrogen) atoms. The smallest absolute Gasteiger partial charge is 0.244 e. The van der Waals surface area contributed by atoms with Crippen LogP contribution >= 0.6 is 0 Å². The molecule has 1 aromatic heterocycles. The molecule has 9 heteroatoms. The van der Waals surface area contributed by atoms with Gasteiger partial charge in [0.15, 0.2) is 0 Å². The molecule has 8 nitrogen and oxygen atoms in total. The number of hydrogen-bond acceptors (Lipinski definition) is 5. The first-order chi connectivity index (χ1) is 11.8. The van der Waals surface area contributed by atoms with Crippen LogP contribution in [0.3, 0.4) is 0 Å². The Balaban J connectivity index is 1.67. The molecule has 2 N–H and O–H groups in total. The van der Waals surface area contributed by atoms with Gasteiger partial charge in [0.05, 0.1) is 12.5 Å². The van der Waals surface area contributed by atoms with Crippen molar-refractivity contribution in [3.63, 3.8) is 0 Å². The first kappa shape index (κ1) is 19.2. The van der Waals surface area contributed by atoms with E-state index in [0.29, 0.717) is 25.3 Å². The van der Waals surface area contributed by atoms with E-state index in [1.54, 1.807) is 12.1 Å². The van der Waals surface area contributed by atoms with Crippen LogP contribution in [0.2, 0.25) is 0 Å². The van der Waals surface area contributed by atoms with Gasteiger partial charge in [0.2, 0.25) is 21.8 Å². The highest BCUT2D eigenvalue weighted by Gasteiger charge is 2.26. The Morgan fingerprint density at radius 1 is 1.44 bits per heavy atom. The molecule has 2 heterocycles. The molecule has 0 saturated carbocycles. The highest BCUT2D eigenvalue weighted by molar-refractivity contribution is 7.88. The van der Waals surface area contributed by atoms with E-state index in [1.165, 1.54) is 29.0 Å². The number of carbonyl (C=O) groups excluding carboxylic acids is 2. The predicted octanol–water partition coefficient (Wildman–Crippen LogP) is 0.339. The lowest BCUT2D eigenvalue weighted by Gasteiger charge is -2.31. The fourth-order valence-electron chi connectivity index (χ4n) is 2.56. The lowest BCUT2D eigenvalue weighted by atomic mass is 10.1. The number of amides is 2. The Morgan fingerprint density at radius 3 is 2.92 bits per heavy atom. The third-order valence-electron chi connectivity index (χ3n) is 3.81. The van der Waals surface area contributed by atoms with Gasteiger partial charge < -0.3 is 15.1 Å². The number of carbonyl (C=O) groups is 2. The number of nitrogens with one attached hydrogen (secondary N) is 2. The lowest BCUT2D eigenvalue weighted by molar-refractivity contribution is -0.122. The van der Waals surface area contributed by atoms with E-state index < -0.39 is 10.0 Å². The molecule has 0 aromatic carbocycles. The normalized spacial score (nSPS) is 19.0. The zero-order valence-corrected chi connectivity index (χ0v) is 14.9. The van der Waals surface area contributed by atoms with Gasteiger partial charge in [0.1, 0.15) is 5.76 Å². The molecule has 2 rings (SSSR count). The summed E-state index contributed by atoms with van der Waals surface area (Å²) in [5.41, 5.74) is 0. The van der Waals surface area contributed by atoms with Crippen LogP contribution < -0.4 is 10.6 Å². The van der Waals surface area contributed by atoms with Crippen LogP contribution in [0.4, 0.5) is 0 Å². The number of rotatable bonds is 7. The topological polar surface area (TPSA) is 109 Å². The minimum absolute atomic E-state index is 0.135. The van der Waals surface area contributed by atoms with Crippen molar-refractivity contribution in [2.45, 2.75) is 25.3 Å². The third-order valence-corrected chi connectivity index (χ3v) is 5.08. The second-order valence-electron chi connectivity index (χ2n) is 5.92. The summed E-state index contributed by atoms with van der Waals surface area (Å²) in [6.45, 7) is 0.988. The van der Waals surface area contributed by atoms with Crippen molar-refractivity contribution in [1.29, 1.82) is 0 Å². The second-order valence-corrected chi connectivity index (χ2v) is 7.90. The van der Waals surface area contributed by atoms with E-state index in [-0.39, 0.29) is 30.8 Å². The van der Waals surface area contributed by atoms with Gasteiger partial charge in [-0.15, -0.1) is 0 Å². The number of nitrogens with zero attached hydrogens (tertiary/aromatic N) is 1. The van der Waals surface area contributed by atoms with E-state index in [9.17, 15) is 18.0 Å². The number of sulfonamides is 1. The zero-order valence-electron chi connectivity index (χ0n) is 14.1. The van der Waals surface area contributed by atoms with E-state index in [0.717, 1.165) is 6.42 Å². The molecule has 0 aliphatic carbocycles. The minimum Gasteiger partial charge on any atom is -0.465 e. The van der Waals surface area contributed by atoms with Crippen molar-refractivity contribution in [3.8, 4) is 0 Å². The van der Waals surface area contributed by atoms with Gasteiger partial charge in [-0.25, -0.2) is 12.7 Å². The molecule has 1 atom stereocenters. The molecule has 2 amide bonds. The maximum atomic E-state index is 11.9. The Bertz CT molecular complexity index is 712. The van der Waals surface area contributed by atoms with Gasteiger partial charge in [-0.05, 0) is 31.1 Å². The van der Waals surface area contributed by atoms with Crippen LogP contribution in [-0.2, 0) is 19.6 Å². The summed E-state index contributed by atoms with van der Waals surface area (Å²) >= 11 is 0. The SMILES string of the molecule is CS(=O)(=O)N1CCCC(NC(=O)CCNC(=O)/C=C/c2ccco2)C1. The highest BCUT2D eigenvalue weighted by Crippen LogP contribution is 2.13. The Hall–Kier alpha value is -2.13. The van der Waals surface area contributed by atoms with Crippen molar-refractivity contribution in [2.75, 3.05) is 25.9 Å². The molecule has 138 valence electrons. The van der Waals surface area contributed by atoms with Crippen molar-refractivity contribution in [2.24, 2.45) is 0 Å². The standard InChI is InChI=1S/C16H23N3O5S/c1-25(22,23)19-10-2-4-13(12-19)18-16(21)8-9-17-15(20)7-6-14-5-3-11-24-14/h3,5-7,11,13H,2,4,8-10,12H2,1H3,(H,17,20)(H,18,21)/b7-6+. The summed E-state index contributed by atoms with van der Waals surface area (Å²) < 4.78 is 29.6. The van der Waals surface area contributed by atoms with Crippen molar-refractivity contribution < 1.29 is 22.4 Å². The first-order valence-corrected chi connectivity index (χ1v) is 9.93. The quantitative estimate of drug-likeness (QED) is 0.674. The summed E-state index contributed by atoms with van der Waals surface area (Å²) in [5, 5.41) is 5.43. The number of hydrogen-bond donors (Lipinski definition) is 2. The van der Waals surface area contributed by atoms with Gasteiger partial charge in [0, 0.05) is 38.2 Å². The van der Waals surface area contributed by atoms with Crippen LogP contribution in [0.25, 0.3) is 6.08 Å². The fourth-order valence-corrected chi connectivity index (χ4v) is 3.47. The van der Waals surface area contributed by atoms with Crippen LogP contribution in [-0.4, -0.2) is 56.5 Å². The van der Waals surface area contributed by atoms with E-state index in [4.69, 9.17) is 4.42 Å². The molecule has 1 saturated heterocycles. The largest absolute Gasteiger partial charge is 0.465 e. The van der Waals surface area contributed by atoms with Crippen LogP contribution in [0.5, 0.6) is 0 Å². The van der Waals surface area contributed by atoms with E-state index in [1.807, 2.05) is 0 Å². The van der Waals surface area contributed by atoms with Crippen LogP contribution in [0, 0.1) is 0 Å². The lowest BCUT2D eigenvalue weighted by Crippen LogP contribution is -2.49. The maximum Gasteiger partial charge on any atom is 0.244 e. The summed E-state index contributed by atoms with van der Waals surface area (Å²) in [6.07, 6.45) is 7.15.